The number of nitrogens with zero attached hydrogens (tertiary/aromatic N) is 2. The molecular weight excluding hydrogens is 230 g/mol. The van der Waals surface area contributed by atoms with Gasteiger partial charge in [-0.1, -0.05) is 6.07 Å². The summed E-state index contributed by atoms with van der Waals surface area (Å²) in [6, 6.07) is 5.30. The highest BCUT2D eigenvalue weighted by atomic mass is 16.1. The summed E-state index contributed by atoms with van der Waals surface area (Å²) in [5.41, 5.74) is 4.22. The van der Waals surface area contributed by atoms with Crippen molar-refractivity contribution in [2.24, 2.45) is 5.84 Å². The average Bonchev–Trinajstić information content (AvgIpc) is 2.41. The number of hydrogen-bond donors (Lipinski definition) is 3. The third-order valence-electron chi connectivity index (χ3n) is 2.46. The zero-order valence-electron chi connectivity index (χ0n) is 9.84. The lowest BCUT2D eigenvalue weighted by molar-refractivity contribution is 0.102. The molecule has 0 aliphatic carbocycles. The fourth-order valence-electron chi connectivity index (χ4n) is 1.49. The van der Waals surface area contributed by atoms with E-state index < -0.39 is 0 Å². The number of nitrogen functional groups attached to an aromatic ring is 1. The second-order valence-electron chi connectivity index (χ2n) is 3.69. The first-order chi connectivity index (χ1) is 8.72. The maximum atomic E-state index is 12.1. The van der Waals surface area contributed by atoms with E-state index in [4.69, 9.17) is 5.84 Å². The number of nitrogens with one attached hydrogen (secondary N) is 2. The monoisotopic (exact) mass is 243 g/mol. The van der Waals surface area contributed by atoms with E-state index in [-0.39, 0.29) is 5.91 Å². The van der Waals surface area contributed by atoms with Crippen LogP contribution in [0.15, 0.2) is 36.8 Å². The molecule has 0 saturated carbocycles. The first-order valence-corrected chi connectivity index (χ1v) is 5.36. The molecule has 0 bridgehead atoms. The van der Waals surface area contributed by atoms with Crippen molar-refractivity contribution in [2.45, 2.75) is 6.92 Å². The molecule has 6 nitrogen and oxygen atoms in total. The second-order valence-corrected chi connectivity index (χ2v) is 3.69. The molecule has 92 valence electrons. The minimum Gasteiger partial charge on any atom is -0.323 e. The number of rotatable bonds is 3. The summed E-state index contributed by atoms with van der Waals surface area (Å²) >= 11 is 0. The van der Waals surface area contributed by atoms with Crippen LogP contribution in [-0.4, -0.2) is 15.9 Å². The molecule has 0 aliphatic rings. The number of aryl methyl sites for hydroxylation is 1. The number of aromatic nitrogens is 2. The van der Waals surface area contributed by atoms with Crippen molar-refractivity contribution in [3.63, 3.8) is 0 Å². The quantitative estimate of drug-likeness (QED) is 0.558. The summed E-state index contributed by atoms with van der Waals surface area (Å²) in [5, 5.41) is 2.72. The number of carbonyl (C=O) groups is 1. The smallest absolute Gasteiger partial charge is 0.260 e. The average molecular weight is 243 g/mol. The largest absolute Gasteiger partial charge is 0.323 e. The lowest BCUT2D eigenvalue weighted by atomic mass is 10.2. The molecule has 4 N–H and O–H groups in total. The van der Waals surface area contributed by atoms with Gasteiger partial charge in [0.1, 0.15) is 5.82 Å². The fraction of sp³-hybridized carbons (Fsp3) is 0.0833. The Balaban J connectivity index is 2.25. The van der Waals surface area contributed by atoms with Crippen LogP contribution in [0.5, 0.6) is 0 Å². The van der Waals surface area contributed by atoms with Crippen LogP contribution in [0.25, 0.3) is 0 Å². The molecule has 1 amide bonds. The fourth-order valence-corrected chi connectivity index (χ4v) is 1.49. The van der Waals surface area contributed by atoms with E-state index in [0.29, 0.717) is 17.1 Å². The summed E-state index contributed by atoms with van der Waals surface area (Å²) in [7, 11) is 0. The van der Waals surface area contributed by atoms with Crippen LogP contribution in [0, 0.1) is 6.92 Å². The van der Waals surface area contributed by atoms with Crippen LogP contribution in [0.1, 0.15) is 15.9 Å². The Hall–Kier alpha value is -2.47. The number of carbonyl (C=O) groups excluding carboxylic acids is 1. The van der Waals surface area contributed by atoms with Crippen LogP contribution in [0.4, 0.5) is 11.5 Å². The molecule has 0 radical (unpaired) electrons. The molecule has 6 heteroatoms. The van der Waals surface area contributed by atoms with E-state index in [9.17, 15) is 4.79 Å². The van der Waals surface area contributed by atoms with Gasteiger partial charge < -0.3 is 10.7 Å². The van der Waals surface area contributed by atoms with Gasteiger partial charge in [-0.25, -0.2) is 4.98 Å². The molecule has 0 saturated heterocycles. The Morgan fingerprint density at radius 2 is 2.17 bits per heavy atom. The van der Waals surface area contributed by atoms with Gasteiger partial charge in [-0.3, -0.25) is 15.6 Å². The Morgan fingerprint density at radius 1 is 1.33 bits per heavy atom. The molecule has 0 fully saturated rings. The highest BCUT2D eigenvalue weighted by Gasteiger charge is 2.12. The van der Waals surface area contributed by atoms with E-state index in [0.717, 1.165) is 5.56 Å². The van der Waals surface area contributed by atoms with Crippen LogP contribution >= 0.6 is 0 Å². The van der Waals surface area contributed by atoms with Gasteiger partial charge in [0.15, 0.2) is 0 Å². The zero-order valence-corrected chi connectivity index (χ0v) is 9.84. The van der Waals surface area contributed by atoms with Crippen molar-refractivity contribution in [1.82, 2.24) is 9.97 Å². The van der Waals surface area contributed by atoms with Gasteiger partial charge in [0.2, 0.25) is 0 Å². The van der Waals surface area contributed by atoms with Crippen molar-refractivity contribution < 1.29 is 4.79 Å². The number of hydrogen-bond acceptors (Lipinski definition) is 5. The van der Waals surface area contributed by atoms with E-state index >= 15 is 0 Å². The van der Waals surface area contributed by atoms with Crippen LogP contribution in [-0.2, 0) is 0 Å². The SMILES string of the molecule is Cc1cccnc1NC(=O)c1cnccc1NN. The third kappa shape index (κ3) is 2.44. The molecule has 2 heterocycles. The van der Waals surface area contributed by atoms with Gasteiger partial charge in [-0.15, -0.1) is 0 Å². The summed E-state index contributed by atoms with van der Waals surface area (Å²) in [6.45, 7) is 1.87. The maximum absolute atomic E-state index is 12.1. The van der Waals surface area contributed by atoms with Gasteiger partial charge in [0, 0.05) is 18.6 Å². The van der Waals surface area contributed by atoms with Gasteiger partial charge in [-0.05, 0) is 24.6 Å². The summed E-state index contributed by atoms with van der Waals surface area (Å²) in [4.78, 5) is 20.1. The Kier molecular flexibility index (Phi) is 3.49. The van der Waals surface area contributed by atoms with Gasteiger partial charge >= 0.3 is 0 Å². The Labute approximate surface area is 104 Å². The minimum atomic E-state index is -0.308. The molecule has 2 rings (SSSR count). The summed E-state index contributed by atoms with van der Waals surface area (Å²) < 4.78 is 0. The molecule has 18 heavy (non-hydrogen) atoms. The predicted octanol–water partition coefficient (Wildman–Crippen LogP) is 1.32. The van der Waals surface area contributed by atoms with Crippen molar-refractivity contribution in [3.05, 3.63) is 47.9 Å². The lowest BCUT2D eigenvalue weighted by Crippen LogP contribution is -2.18. The molecule has 2 aromatic rings. The normalized spacial score (nSPS) is 9.89. The first kappa shape index (κ1) is 12.0. The minimum absolute atomic E-state index is 0.308. The zero-order chi connectivity index (χ0) is 13.0. The van der Waals surface area contributed by atoms with Crippen LogP contribution in [0.2, 0.25) is 0 Å². The topological polar surface area (TPSA) is 92.9 Å². The van der Waals surface area contributed by atoms with Crippen molar-refractivity contribution in [2.75, 3.05) is 10.7 Å². The highest BCUT2D eigenvalue weighted by molar-refractivity contribution is 6.07. The molecule has 0 atom stereocenters. The summed E-state index contributed by atoms with van der Waals surface area (Å²) in [6.07, 6.45) is 4.62. The maximum Gasteiger partial charge on any atom is 0.260 e. The second kappa shape index (κ2) is 5.24. The third-order valence-corrected chi connectivity index (χ3v) is 2.46. The predicted molar refractivity (Wildman–Crippen MR) is 69.0 cm³/mol. The highest BCUT2D eigenvalue weighted by Crippen LogP contribution is 2.15. The van der Waals surface area contributed by atoms with E-state index in [1.54, 1.807) is 18.5 Å². The van der Waals surface area contributed by atoms with Crippen molar-refractivity contribution in [3.8, 4) is 0 Å². The number of amides is 1. The van der Waals surface area contributed by atoms with E-state index in [1.165, 1.54) is 6.20 Å². The standard InChI is InChI=1S/C12H13N5O/c1-8-3-2-5-15-11(8)16-12(18)9-7-14-6-4-10(9)17-13/h2-7H,13H2,1H3,(H,14,17)(H,15,16,18). The molecule has 2 aromatic heterocycles. The van der Waals surface area contributed by atoms with E-state index in [1.807, 2.05) is 19.1 Å². The van der Waals surface area contributed by atoms with Gasteiger partial charge in [-0.2, -0.15) is 0 Å². The van der Waals surface area contributed by atoms with Crippen LogP contribution in [0.3, 0.4) is 0 Å². The molecule has 0 spiro atoms. The Morgan fingerprint density at radius 3 is 2.89 bits per heavy atom. The number of anilines is 2. The number of pyridine rings is 2. The molecule has 0 unspecified atom stereocenters. The van der Waals surface area contributed by atoms with Gasteiger partial charge in [0.25, 0.3) is 5.91 Å². The number of nitrogens with two attached hydrogens (primary N) is 1. The van der Waals surface area contributed by atoms with Crippen molar-refractivity contribution >= 4 is 17.4 Å². The molecular formula is C12H13N5O. The molecule has 0 aliphatic heterocycles. The van der Waals surface area contributed by atoms with Crippen molar-refractivity contribution in [1.29, 1.82) is 0 Å². The van der Waals surface area contributed by atoms with Gasteiger partial charge in [0.05, 0.1) is 11.3 Å². The summed E-state index contributed by atoms with van der Waals surface area (Å²) in [5.74, 6) is 5.55. The van der Waals surface area contributed by atoms with Crippen LogP contribution < -0.4 is 16.6 Å². The Bertz CT molecular complexity index is 570. The first-order valence-electron chi connectivity index (χ1n) is 5.36. The molecule has 0 aromatic carbocycles. The van der Waals surface area contributed by atoms with E-state index in [2.05, 4.69) is 20.7 Å². The lowest BCUT2D eigenvalue weighted by Gasteiger charge is -2.09. The number of hydrazine groups is 1.